The van der Waals surface area contributed by atoms with Gasteiger partial charge in [0.25, 0.3) is 0 Å². The number of esters is 1. The van der Waals surface area contributed by atoms with E-state index in [0.29, 0.717) is 23.9 Å². The molecule has 3 unspecified atom stereocenters. The fourth-order valence-corrected chi connectivity index (χ4v) is 11.7. The summed E-state index contributed by atoms with van der Waals surface area (Å²) < 4.78 is 30.9. The van der Waals surface area contributed by atoms with Crippen LogP contribution in [0.3, 0.4) is 0 Å². The number of carbonyl (C=O) groups is 2. The zero-order valence-electron chi connectivity index (χ0n) is 57.8. The molecule has 0 saturated heterocycles. The molecule has 0 heterocycles. The topological polar surface area (TPSA) is 111 Å². The van der Waals surface area contributed by atoms with Crippen LogP contribution < -0.4 is 5.32 Å². The minimum absolute atomic E-state index is 0.0408. The summed E-state index contributed by atoms with van der Waals surface area (Å²) in [6.07, 6.45) is 85.2. The Bertz CT molecular complexity index is 1650. The second-order valence-corrected chi connectivity index (χ2v) is 27.9. The maximum Gasteiger partial charge on any atom is 0.472 e. The van der Waals surface area contributed by atoms with Gasteiger partial charge in [-0.1, -0.05) is 313 Å². The van der Waals surface area contributed by atoms with Crippen molar-refractivity contribution in [2.75, 3.05) is 40.9 Å². The van der Waals surface area contributed by atoms with Crippen molar-refractivity contribution < 1.29 is 37.3 Å². The van der Waals surface area contributed by atoms with Crippen molar-refractivity contribution in [2.45, 2.75) is 373 Å². The highest BCUT2D eigenvalue weighted by atomic mass is 31.2. The molecular weight excluding hydrogens is 1080 g/mol. The number of phosphoric acid groups is 1. The van der Waals surface area contributed by atoms with Gasteiger partial charge in [-0.25, -0.2) is 4.57 Å². The van der Waals surface area contributed by atoms with E-state index in [0.717, 1.165) is 70.6 Å². The van der Waals surface area contributed by atoms with Gasteiger partial charge in [-0.15, -0.1) is 0 Å². The summed E-state index contributed by atoms with van der Waals surface area (Å²) >= 11 is 0. The number of nitrogens with zero attached hydrogens (tertiary/aromatic N) is 1. The Kier molecular flexibility index (Phi) is 63.9. The summed E-state index contributed by atoms with van der Waals surface area (Å²) in [6.45, 7) is 7.01. The number of likely N-dealkylation sites (N-methyl/N-ethyl adjacent to an activating group) is 1. The van der Waals surface area contributed by atoms with Crippen LogP contribution >= 0.6 is 7.82 Å². The molecule has 1 amide bonds. The molecule has 0 aromatic heterocycles. The van der Waals surface area contributed by atoms with Crippen molar-refractivity contribution in [1.29, 1.82) is 0 Å². The van der Waals surface area contributed by atoms with Gasteiger partial charge in [-0.2, -0.15) is 0 Å². The Morgan fingerprint density at radius 1 is 0.407 bits per heavy atom. The molecule has 0 aliphatic heterocycles. The van der Waals surface area contributed by atoms with E-state index in [4.69, 9.17) is 13.8 Å². The molecule has 10 heteroatoms. The van der Waals surface area contributed by atoms with Crippen LogP contribution in [0.25, 0.3) is 0 Å². The molecule has 0 aromatic rings. The molecule has 0 fully saturated rings. The quantitative estimate of drug-likeness (QED) is 0.0205. The second-order valence-electron chi connectivity index (χ2n) is 26.5. The molecule has 0 aliphatic rings. The number of hydrogen-bond donors (Lipinski definition) is 2. The molecule has 0 radical (unpaired) electrons. The molecule has 0 saturated carbocycles. The van der Waals surface area contributed by atoms with Crippen molar-refractivity contribution in [3.8, 4) is 0 Å². The van der Waals surface area contributed by atoms with E-state index in [1.54, 1.807) is 0 Å². The minimum atomic E-state index is -4.46. The third kappa shape index (κ3) is 66.1. The third-order valence-corrected chi connectivity index (χ3v) is 17.7. The van der Waals surface area contributed by atoms with E-state index in [2.05, 4.69) is 74.7 Å². The van der Waals surface area contributed by atoms with Crippen LogP contribution in [0.4, 0.5) is 0 Å². The maximum absolute atomic E-state index is 13.6. The summed E-state index contributed by atoms with van der Waals surface area (Å²) in [5.74, 6) is -0.492. The smallest absolute Gasteiger partial charge is 0.456 e. The molecule has 2 N–H and O–H groups in total. The number of rotatable bonds is 68. The fraction of sp³-hybridized carbons (Fsp3) is 0.842. The third-order valence-electron chi connectivity index (χ3n) is 16.7. The van der Waals surface area contributed by atoms with Gasteiger partial charge in [0, 0.05) is 12.8 Å². The summed E-state index contributed by atoms with van der Waals surface area (Å²) in [5, 5.41) is 3.08. The summed E-state index contributed by atoms with van der Waals surface area (Å²) in [4.78, 5) is 37.9. The van der Waals surface area contributed by atoms with Gasteiger partial charge in [0.2, 0.25) is 5.91 Å². The summed E-state index contributed by atoms with van der Waals surface area (Å²) in [6, 6.07) is -0.850. The van der Waals surface area contributed by atoms with Crippen LogP contribution in [0.15, 0.2) is 60.8 Å². The van der Waals surface area contributed by atoms with E-state index in [1.165, 1.54) is 257 Å². The predicted octanol–water partition coefficient (Wildman–Crippen LogP) is 23.7. The average Bonchev–Trinajstić information content (AvgIpc) is 3.67. The minimum Gasteiger partial charge on any atom is -0.456 e. The number of amides is 1. The fourth-order valence-electron chi connectivity index (χ4n) is 10.9. The molecule has 0 bridgehead atoms. The molecule has 86 heavy (non-hydrogen) atoms. The van der Waals surface area contributed by atoms with Crippen molar-refractivity contribution in [1.82, 2.24) is 5.32 Å². The molecule has 0 rings (SSSR count). The molecular formula is C76H144N2O7P+. The van der Waals surface area contributed by atoms with Crippen molar-refractivity contribution >= 4 is 19.7 Å². The summed E-state index contributed by atoms with van der Waals surface area (Å²) in [7, 11) is 1.51. The first-order valence-corrected chi connectivity index (χ1v) is 38.6. The lowest BCUT2D eigenvalue weighted by Crippen LogP contribution is -2.47. The Morgan fingerprint density at radius 3 is 1.07 bits per heavy atom. The van der Waals surface area contributed by atoms with Gasteiger partial charge in [-0.3, -0.25) is 18.6 Å². The van der Waals surface area contributed by atoms with Gasteiger partial charge in [0.05, 0.1) is 33.8 Å². The summed E-state index contributed by atoms with van der Waals surface area (Å²) in [5.41, 5.74) is 0. The van der Waals surface area contributed by atoms with Crippen LogP contribution in [0.1, 0.15) is 361 Å². The lowest BCUT2D eigenvalue weighted by atomic mass is 10.0. The molecule has 0 aliphatic carbocycles. The first-order chi connectivity index (χ1) is 41.9. The van der Waals surface area contributed by atoms with Crippen molar-refractivity contribution in [2.24, 2.45) is 0 Å². The number of phosphoric ester groups is 1. The van der Waals surface area contributed by atoms with Crippen molar-refractivity contribution in [3.63, 3.8) is 0 Å². The Balaban J connectivity index is 4.97. The maximum atomic E-state index is 13.6. The van der Waals surface area contributed by atoms with Crippen LogP contribution in [0, 0.1) is 0 Å². The Morgan fingerprint density at radius 2 is 0.709 bits per heavy atom. The van der Waals surface area contributed by atoms with Gasteiger partial charge in [0.15, 0.2) is 0 Å². The first kappa shape index (κ1) is 83.7. The Labute approximate surface area is 534 Å². The highest BCUT2D eigenvalue weighted by Gasteiger charge is 2.30. The van der Waals surface area contributed by atoms with Gasteiger partial charge in [0.1, 0.15) is 19.3 Å². The zero-order valence-corrected chi connectivity index (χ0v) is 58.7. The standard InChI is InChI=1S/C76H143N2O7P/c1-7-10-13-16-19-22-25-28-30-32-34-36-37-38-39-40-41-43-44-46-48-50-53-56-59-62-65-68-75(79)77-73(72-84-86(81,82)83-71-70-78(4,5)6)74(67-64-61-58-55-52-27-24-21-18-15-12-9-3)85-76(80)69-66-63-60-57-54-51-49-47-45-42-35-33-31-29-26-23-20-17-14-11-8-2/h19-20,22-23,28-31,64,67,73-74H,7-18,21,24-27,32-63,65-66,68-72H2,1-6H3,(H-,77,79,81,82)/p+1/b22-19-,23-20-,30-28-,31-29-,67-64-. The Hall–Kier alpha value is -2.29. The average molecular weight is 1230 g/mol. The van der Waals surface area contributed by atoms with Crippen LogP contribution in [-0.4, -0.2) is 74.3 Å². The number of ether oxygens (including phenoxy) is 1. The first-order valence-electron chi connectivity index (χ1n) is 37.1. The van der Waals surface area contributed by atoms with Gasteiger partial charge in [-0.05, 0) is 96.0 Å². The number of allylic oxidation sites excluding steroid dienone is 9. The molecule has 504 valence electrons. The molecule has 9 nitrogen and oxygen atoms in total. The van der Waals surface area contributed by atoms with Gasteiger partial charge < -0.3 is 19.4 Å². The van der Waals surface area contributed by atoms with Crippen LogP contribution in [-0.2, 0) is 27.9 Å². The predicted molar refractivity (Wildman–Crippen MR) is 374 cm³/mol. The molecule has 0 spiro atoms. The molecule has 3 atom stereocenters. The van der Waals surface area contributed by atoms with E-state index >= 15 is 0 Å². The van der Waals surface area contributed by atoms with Gasteiger partial charge >= 0.3 is 13.8 Å². The number of hydrogen-bond acceptors (Lipinski definition) is 6. The van der Waals surface area contributed by atoms with E-state index < -0.39 is 20.0 Å². The van der Waals surface area contributed by atoms with E-state index in [-0.39, 0.29) is 25.1 Å². The number of nitrogens with one attached hydrogen (secondary N) is 1. The van der Waals surface area contributed by atoms with Crippen LogP contribution in [0.5, 0.6) is 0 Å². The normalized spacial score (nSPS) is 13.8. The van der Waals surface area contributed by atoms with Crippen molar-refractivity contribution in [3.05, 3.63) is 60.8 Å². The highest BCUT2D eigenvalue weighted by molar-refractivity contribution is 7.47. The highest BCUT2D eigenvalue weighted by Crippen LogP contribution is 2.43. The molecule has 0 aromatic carbocycles. The lowest BCUT2D eigenvalue weighted by Gasteiger charge is -2.27. The number of unbranched alkanes of at least 4 members (excludes halogenated alkanes) is 44. The number of quaternary nitrogens is 1. The zero-order chi connectivity index (χ0) is 62.8. The lowest BCUT2D eigenvalue weighted by molar-refractivity contribution is -0.870. The van der Waals surface area contributed by atoms with E-state index in [9.17, 15) is 19.0 Å². The largest absolute Gasteiger partial charge is 0.472 e. The second kappa shape index (κ2) is 65.7. The number of carbonyl (C=O) groups excluding carboxylic acids is 2. The van der Waals surface area contributed by atoms with Crippen LogP contribution in [0.2, 0.25) is 0 Å². The monoisotopic (exact) mass is 1230 g/mol. The SMILES string of the molecule is CCCCC/C=C\C/C=C\CCCCCCCCCCCCCCCCCCCC(=O)NC(COP(=O)(O)OCC[N+](C)(C)C)C(/C=C\CCCCCCCCCCCC)OC(=O)CCCCCCCCCCCCC/C=C\C/C=C\CCCCC. The van der Waals surface area contributed by atoms with E-state index in [1.807, 2.05) is 33.3 Å².